The number of aromatic amines is 1. The number of hydrogen-bond donors (Lipinski definition) is 1. The van der Waals surface area contributed by atoms with E-state index in [0.29, 0.717) is 12.0 Å². The molecule has 0 aliphatic carbocycles. The van der Waals surface area contributed by atoms with Gasteiger partial charge in [0.05, 0.1) is 4.90 Å². The zero-order valence-corrected chi connectivity index (χ0v) is 15.1. The van der Waals surface area contributed by atoms with Gasteiger partial charge in [0.25, 0.3) is 5.56 Å². The molecule has 0 saturated carbocycles. The van der Waals surface area contributed by atoms with Crippen LogP contribution >= 0.6 is 0 Å². The Labute approximate surface area is 156 Å². The molecule has 1 heterocycles. The Kier molecular flexibility index (Phi) is 4.33. The van der Waals surface area contributed by atoms with Crippen molar-refractivity contribution in [2.75, 3.05) is 0 Å². The lowest BCUT2D eigenvalue weighted by molar-refractivity contribution is 0.588. The average Bonchev–Trinajstić information content (AvgIpc) is 2.69. The summed E-state index contributed by atoms with van der Waals surface area (Å²) in [4.78, 5) is 11.4. The number of nitrogens with zero attached hydrogens (tertiary/aromatic N) is 1. The summed E-state index contributed by atoms with van der Waals surface area (Å²) < 4.78 is 26.1. The highest BCUT2D eigenvalue weighted by Gasteiger charge is 2.23. The Balaban J connectivity index is 1.82. The van der Waals surface area contributed by atoms with Gasteiger partial charge in [0.1, 0.15) is 0 Å². The van der Waals surface area contributed by atoms with Crippen molar-refractivity contribution in [1.29, 1.82) is 0 Å². The molecule has 4 rings (SSSR count). The molecule has 0 spiro atoms. The fourth-order valence-corrected chi connectivity index (χ4v) is 4.54. The fraction of sp³-hybridized carbons (Fsp3) is 0.0476. The van der Waals surface area contributed by atoms with E-state index in [4.69, 9.17) is 0 Å². The second-order valence-corrected chi connectivity index (χ2v) is 8.05. The summed E-state index contributed by atoms with van der Waals surface area (Å²) in [5.41, 5.74) is 1.28. The third kappa shape index (κ3) is 3.27. The van der Waals surface area contributed by atoms with Crippen LogP contribution in [-0.4, -0.2) is 18.6 Å². The van der Waals surface area contributed by atoms with Crippen molar-refractivity contribution < 1.29 is 8.42 Å². The van der Waals surface area contributed by atoms with Gasteiger partial charge in [-0.1, -0.05) is 60.7 Å². The molecule has 5 nitrogen and oxygen atoms in total. The van der Waals surface area contributed by atoms with E-state index in [1.54, 1.807) is 18.2 Å². The summed E-state index contributed by atoms with van der Waals surface area (Å²) in [5.74, 6) is 0. The number of sulfone groups is 1. The Bertz CT molecular complexity index is 1270. The second kappa shape index (κ2) is 6.81. The third-order valence-electron chi connectivity index (χ3n) is 4.45. The summed E-state index contributed by atoms with van der Waals surface area (Å²) >= 11 is 0. The van der Waals surface area contributed by atoms with Crippen LogP contribution in [-0.2, 0) is 16.3 Å². The molecule has 3 aromatic carbocycles. The van der Waals surface area contributed by atoms with Crippen molar-refractivity contribution in [3.63, 3.8) is 0 Å². The molecule has 0 saturated heterocycles. The maximum atomic E-state index is 13.0. The van der Waals surface area contributed by atoms with Gasteiger partial charge in [-0.15, -0.1) is 0 Å². The molecular weight excluding hydrogens is 360 g/mol. The quantitative estimate of drug-likeness (QED) is 0.592. The largest absolute Gasteiger partial charge is 0.268 e. The number of benzene rings is 3. The van der Waals surface area contributed by atoms with Crippen molar-refractivity contribution in [2.45, 2.75) is 16.3 Å². The maximum Gasteiger partial charge on any atom is 0.264 e. The Hall–Kier alpha value is -3.25. The topological polar surface area (TPSA) is 79.9 Å². The monoisotopic (exact) mass is 376 g/mol. The smallest absolute Gasteiger partial charge is 0.264 e. The molecule has 134 valence electrons. The van der Waals surface area contributed by atoms with Crippen LogP contribution in [0.15, 0.2) is 93.6 Å². The van der Waals surface area contributed by atoms with Crippen LogP contribution in [0.5, 0.6) is 0 Å². The zero-order valence-electron chi connectivity index (χ0n) is 14.3. The lowest BCUT2D eigenvalue weighted by Crippen LogP contribution is -2.13. The molecule has 0 unspecified atom stereocenters. The molecule has 0 radical (unpaired) electrons. The van der Waals surface area contributed by atoms with E-state index in [1.807, 2.05) is 48.5 Å². The summed E-state index contributed by atoms with van der Waals surface area (Å²) in [5, 5.41) is 7.91. The third-order valence-corrected chi connectivity index (χ3v) is 6.21. The normalized spacial score (nSPS) is 11.6. The standard InChI is InChI=1S/C21H16N2O3S/c24-20-12-13-21(23-22-20)27(25,26)19-11-4-2-7-17(19)14-16-9-5-8-15-6-1-3-10-18(15)16/h1-13H,14H2,(H,22,24). The van der Waals surface area contributed by atoms with E-state index in [0.717, 1.165) is 22.4 Å². The van der Waals surface area contributed by atoms with E-state index in [1.165, 1.54) is 6.07 Å². The van der Waals surface area contributed by atoms with Crippen molar-refractivity contribution in [3.05, 3.63) is 100 Å². The minimum atomic E-state index is -3.84. The van der Waals surface area contributed by atoms with E-state index in [9.17, 15) is 13.2 Å². The van der Waals surface area contributed by atoms with E-state index in [-0.39, 0.29) is 9.92 Å². The summed E-state index contributed by atoms with van der Waals surface area (Å²) in [6, 6.07) is 23.3. The molecule has 1 aromatic heterocycles. The van der Waals surface area contributed by atoms with Crippen LogP contribution < -0.4 is 5.56 Å². The fourth-order valence-electron chi connectivity index (χ4n) is 3.16. The molecule has 4 aromatic rings. The SMILES string of the molecule is O=c1ccc(S(=O)(=O)c2ccccc2Cc2cccc3ccccc23)n[nH]1. The summed E-state index contributed by atoms with van der Waals surface area (Å²) in [6.45, 7) is 0. The van der Waals surface area contributed by atoms with Crippen molar-refractivity contribution in [3.8, 4) is 0 Å². The Morgan fingerprint density at radius 1 is 0.778 bits per heavy atom. The molecule has 0 amide bonds. The van der Waals surface area contributed by atoms with Crippen LogP contribution in [0.4, 0.5) is 0 Å². The first-order chi connectivity index (χ1) is 13.1. The number of hydrogen-bond acceptors (Lipinski definition) is 4. The molecule has 0 aliphatic heterocycles. The molecular formula is C21H16N2O3S. The van der Waals surface area contributed by atoms with Gasteiger partial charge in [0.15, 0.2) is 5.03 Å². The van der Waals surface area contributed by atoms with Crippen LogP contribution in [0, 0.1) is 0 Å². The zero-order chi connectivity index (χ0) is 18.9. The van der Waals surface area contributed by atoms with Gasteiger partial charge in [-0.2, -0.15) is 5.10 Å². The Morgan fingerprint density at radius 2 is 1.48 bits per heavy atom. The number of nitrogens with one attached hydrogen (secondary N) is 1. The molecule has 6 heteroatoms. The lowest BCUT2D eigenvalue weighted by Gasteiger charge is -2.11. The molecule has 0 atom stereocenters. The van der Waals surface area contributed by atoms with Gasteiger partial charge >= 0.3 is 0 Å². The van der Waals surface area contributed by atoms with Gasteiger partial charge in [-0.25, -0.2) is 13.5 Å². The van der Waals surface area contributed by atoms with E-state index < -0.39 is 15.4 Å². The van der Waals surface area contributed by atoms with Gasteiger partial charge in [-0.3, -0.25) is 4.79 Å². The molecule has 0 bridgehead atoms. The minimum absolute atomic E-state index is 0.174. The average molecular weight is 376 g/mol. The summed E-state index contributed by atoms with van der Waals surface area (Å²) in [7, 11) is -3.84. The predicted octanol–water partition coefficient (Wildman–Crippen LogP) is 3.35. The summed E-state index contributed by atoms with van der Waals surface area (Å²) in [6.07, 6.45) is 0.472. The van der Waals surface area contributed by atoms with Gasteiger partial charge in [0, 0.05) is 6.07 Å². The van der Waals surface area contributed by atoms with Crippen LogP contribution in [0.25, 0.3) is 10.8 Å². The van der Waals surface area contributed by atoms with Gasteiger partial charge < -0.3 is 0 Å². The van der Waals surface area contributed by atoms with Crippen molar-refractivity contribution >= 4 is 20.6 Å². The molecule has 0 aliphatic rings. The Morgan fingerprint density at radius 3 is 2.30 bits per heavy atom. The number of aromatic nitrogens is 2. The minimum Gasteiger partial charge on any atom is -0.268 e. The first-order valence-electron chi connectivity index (χ1n) is 8.41. The van der Waals surface area contributed by atoms with E-state index in [2.05, 4.69) is 10.2 Å². The van der Waals surface area contributed by atoms with Crippen LogP contribution in [0.2, 0.25) is 0 Å². The first kappa shape index (κ1) is 17.2. The van der Waals surface area contributed by atoms with Crippen molar-refractivity contribution in [1.82, 2.24) is 10.2 Å². The number of rotatable bonds is 4. The molecule has 27 heavy (non-hydrogen) atoms. The maximum absolute atomic E-state index is 13.0. The van der Waals surface area contributed by atoms with Crippen LogP contribution in [0.3, 0.4) is 0 Å². The van der Waals surface area contributed by atoms with E-state index >= 15 is 0 Å². The van der Waals surface area contributed by atoms with Gasteiger partial charge in [-0.05, 0) is 40.5 Å². The molecule has 0 fully saturated rings. The molecule has 1 N–H and O–H groups in total. The second-order valence-electron chi connectivity index (χ2n) is 6.19. The van der Waals surface area contributed by atoms with Gasteiger partial charge in [0.2, 0.25) is 9.84 Å². The van der Waals surface area contributed by atoms with Crippen LogP contribution in [0.1, 0.15) is 11.1 Å². The first-order valence-corrected chi connectivity index (χ1v) is 9.89. The lowest BCUT2D eigenvalue weighted by atomic mass is 9.98. The highest BCUT2D eigenvalue weighted by Crippen LogP contribution is 2.27. The number of H-pyrrole nitrogens is 1. The highest BCUT2D eigenvalue weighted by atomic mass is 32.2. The predicted molar refractivity (Wildman–Crippen MR) is 104 cm³/mol. The highest BCUT2D eigenvalue weighted by molar-refractivity contribution is 7.91. The number of fused-ring (bicyclic) bond motifs is 1. The van der Waals surface area contributed by atoms with Crippen molar-refractivity contribution in [2.24, 2.45) is 0 Å².